The highest BCUT2D eigenvalue weighted by molar-refractivity contribution is 7.89. The standard InChI is InChI=1S/C12H23NO5S/c1-3-18-8-9-19(15,16)13-11-6-4-10(5-7-11)12(14)17-2/h10-11,13H,3-9H2,1-2H3. The molecule has 7 heteroatoms. The van der Waals surface area contributed by atoms with Crippen molar-refractivity contribution < 1.29 is 22.7 Å². The van der Waals surface area contributed by atoms with Crippen molar-refractivity contribution in [1.29, 1.82) is 0 Å². The fourth-order valence-electron chi connectivity index (χ4n) is 2.24. The molecule has 0 aromatic rings. The molecule has 0 amide bonds. The Hall–Kier alpha value is -0.660. The summed E-state index contributed by atoms with van der Waals surface area (Å²) in [5, 5.41) is 0. The molecule has 1 rings (SSSR count). The van der Waals surface area contributed by atoms with Crippen molar-refractivity contribution in [2.24, 2.45) is 5.92 Å². The summed E-state index contributed by atoms with van der Waals surface area (Å²) in [4.78, 5) is 11.4. The highest BCUT2D eigenvalue weighted by Gasteiger charge is 2.28. The molecule has 0 aliphatic heterocycles. The largest absolute Gasteiger partial charge is 0.469 e. The molecule has 0 unspecified atom stereocenters. The van der Waals surface area contributed by atoms with E-state index in [1.54, 1.807) is 0 Å². The van der Waals surface area contributed by atoms with Gasteiger partial charge in [0.1, 0.15) is 0 Å². The fourth-order valence-corrected chi connectivity index (χ4v) is 3.44. The van der Waals surface area contributed by atoms with Crippen molar-refractivity contribution in [2.45, 2.75) is 38.6 Å². The van der Waals surface area contributed by atoms with Crippen molar-refractivity contribution in [3.63, 3.8) is 0 Å². The lowest BCUT2D eigenvalue weighted by molar-refractivity contribution is -0.146. The highest BCUT2D eigenvalue weighted by atomic mass is 32.2. The normalized spacial score (nSPS) is 24.1. The Balaban J connectivity index is 2.34. The molecule has 6 nitrogen and oxygen atoms in total. The van der Waals surface area contributed by atoms with Crippen molar-refractivity contribution in [2.75, 3.05) is 26.1 Å². The Bertz CT molecular complexity index is 374. The van der Waals surface area contributed by atoms with Gasteiger partial charge < -0.3 is 9.47 Å². The first-order valence-electron chi connectivity index (χ1n) is 6.64. The zero-order chi connectivity index (χ0) is 14.3. The number of ether oxygens (including phenoxy) is 2. The van der Waals surface area contributed by atoms with Gasteiger partial charge in [0.05, 0.1) is 25.4 Å². The summed E-state index contributed by atoms with van der Waals surface area (Å²) in [7, 11) is -1.91. The average Bonchev–Trinajstić information content (AvgIpc) is 2.38. The first-order chi connectivity index (χ1) is 8.98. The second-order valence-electron chi connectivity index (χ2n) is 4.71. The van der Waals surface area contributed by atoms with E-state index >= 15 is 0 Å². The van der Waals surface area contributed by atoms with Gasteiger partial charge in [-0.15, -0.1) is 0 Å². The second-order valence-corrected chi connectivity index (χ2v) is 6.58. The lowest BCUT2D eigenvalue weighted by atomic mass is 9.86. The quantitative estimate of drug-likeness (QED) is 0.551. The molecule has 1 fully saturated rings. The summed E-state index contributed by atoms with van der Waals surface area (Å²) in [6.45, 7) is 2.55. The summed E-state index contributed by atoms with van der Waals surface area (Å²) < 4.78 is 35.9. The summed E-state index contributed by atoms with van der Waals surface area (Å²) in [6, 6.07) is -0.0764. The molecule has 112 valence electrons. The van der Waals surface area contributed by atoms with Crippen LogP contribution in [0, 0.1) is 5.92 Å². The van der Waals surface area contributed by atoms with Gasteiger partial charge in [-0.05, 0) is 32.6 Å². The summed E-state index contributed by atoms with van der Waals surface area (Å²) in [5.74, 6) is -0.301. The van der Waals surface area contributed by atoms with E-state index < -0.39 is 10.0 Å². The Morgan fingerprint density at radius 1 is 1.26 bits per heavy atom. The maximum Gasteiger partial charge on any atom is 0.308 e. The molecular formula is C12H23NO5S. The van der Waals surface area contributed by atoms with E-state index in [0.717, 1.165) is 0 Å². The van der Waals surface area contributed by atoms with Crippen molar-refractivity contribution in [1.82, 2.24) is 4.72 Å². The zero-order valence-electron chi connectivity index (χ0n) is 11.6. The number of rotatable bonds is 7. The lowest BCUT2D eigenvalue weighted by Crippen LogP contribution is -2.40. The van der Waals surface area contributed by atoms with Crippen LogP contribution >= 0.6 is 0 Å². The predicted octanol–water partition coefficient (Wildman–Crippen LogP) is 0.674. The fraction of sp³-hybridized carbons (Fsp3) is 0.917. The van der Waals surface area contributed by atoms with E-state index in [-0.39, 0.29) is 30.3 Å². The molecule has 0 bridgehead atoms. The Morgan fingerprint density at radius 2 is 1.89 bits per heavy atom. The zero-order valence-corrected chi connectivity index (χ0v) is 12.4. The van der Waals surface area contributed by atoms with E-state index in [9.17, 15) is 13.2 Å². The van der Waals surface area contributed by atoms with E-state index in [1.807, 2.05) is 6.92 Å². The van der Waals surface area contributed by atoms with Gasteiger partial charge >= 0.3 is 5.97 Å². The molecule has 1 aliphatic rings. The van der Waals surface area contributed by atoms with Crippen molar-refractivity contribution in [3.8, 4) is 0 Å². The van der Waals surface area contributed by atoms with Gasteiger partial charge in [0, 0.05) is 12.6 Å². The topological polar surface area (TPSA) is 81.7 Å². The molecule has 1 N–H and O–H groups in total. The lowest BCUT2D eigenvalue weighted by Gasteiger charge is -2.27. The molecule has 0 atom stereocenters. The van der Waals surface area contributed by atoms with Crippen LogP contribution in [0.2, 0.25) is 0 Å². The smallest absolute Gasteiger partial charge is 0.308 e. The van der Waals surface area contributed by atoms with Gasteiger partial charge in [0.2, 0.25) is 10.0 Å². The molecule has 1 saturated carbocycles. The average molecular weight is 293 g/mol. The Labute approximate surface area is 114 Å². The molecule has 1 aliphatic carbocycles. The van der Waals surface area contributed by atoms with E-state index in [2.05, 4.69) is 4.72 Å². The van der Waals surface area contributed by atoms with Crippen LogP contribution in [-0.2, 0) is 24.3 Å². The molecule has 0 aromatic carbocycles. The molecule has 0 aromatic heterocycles. The number of sulfonamides is 1. The molecule has 0 spiro atoms. The van der Waals surface area contributed by atoms with Gasteiger partial charge in [0.15, 0.2) is 0 Å². The summed E-state index contributed by atoms with van der Waals surface area (Å²) >= 11 is 0. The number of hydrogen-bond donors (Lipinski definition) is 1. The number of carbonyl (C=O) groups is 1. The van der Waals surface area contributed by atoms with Gasteiger partial charge in [-0.2, -0.15) is 0 Å². The van der Waals surface area contributed by atoms with Gasteiger partial charge in [-0.1, -0.05) is 0 Å². The van der Waals surface area contributed by atoms with Crippen LogP contribution in [0.25, 0.3) is 0 Å². The Kier molecular flexibility index (Phi) is 6.74. The van der Waals surface area contributed by atoms with Crippen LogP contribution in [0.3, 0.4) is 0 Å². The maximum absolute atomic E-state index is 11.8. The monoisotopic (exact) mass is 293 g/mol. The summed E-state index contributed by atoms with van der Waals surface area (Å²) in [6.07, 6.45) is 2.69. The first kappa shape index (κ1) is 16.4. The number of nitrogens with one attached hydrogen (secondary N) is 1. The third-order valence-corrected chi connectivity index (χ3v) is 4.71. The molecule has 0 saturated heterocycles. The van der Waals surface area contributed by atoms with Gasteiger partial charge in [-0.25, -0.2) is 13.1 Å². The molecule has 0 heterocycles. The minimum atomic E-state index is -3.29. The van der Waals surface area contributed by atoms with E-state index in [0.29, 0.717) is 32.3 Å². The number of carbonyl (C=O) groups excluding carboxylic acids is 1. The minimum Gasteiger partial charge on any atom is -0.469 e. The Morgan fingerprint density at radius 3 is 2.42 bits per heavy atom. The van der Waals surface area contributed by atoms with Crippen LogP contribution in [0.1, 0.15) is 32.6 Å². The highest BCUT2D eigenvalue weighted by Crippen LogP contribution is 2.25. The predicted molar refractivity (Wildman–Crippen MR) is 71.2 cm³/mol. The van der Waals surface area contributed by atoms with Crippen molar-refractivity contribution in [3.05, 3.63) is 0 Å². The third kappa shape index (κ3) is 5.88. The van der Waals surface area contributed by atoms with Crippen LogP contribution in [0.15, 0.2) is 0 Å². The number of esters is 1. The summed E-state index contributed by atoms with van der Waals surface area (Å²) in [5.41, 5.74) is 0. The van der Waals surface area contributed by atoms with Crippen LogP contribution < -0.4 is 4.72 Å². The SMILES string of the molecule is CCOCCS(=O)(=O)NC1CCC(C(=O)OC)CC1. The molecule has 0 radical (unpaired) electrons. The third-order valence-electron chi connectivity index (χ3n) is 3.31. The number of hydrogen-bond acceptors (Lipinski definition) is 5. The first-order valence-corrected chi connectivity index (χ1v) is 8.29. The second kappa shape index (κ2) is 7.81. The molecule has 19 heavy (non-hydrogen) atoms. The van der Waals surface area contributed by atoms with E-state index in [4.69, 9.17) is 9.47 Å². The minimum absolute atomic E-state index is 0.0161. The maximum atomic E-state index is 11.8. The van der Waals surface area contributed by atoms with Crippen LogP contribution in [0.4, 0.5) is 0 Å². The van der Waals surface area contributed by atoms with Crippen molar-refractivity contribution >= 4 is 16.0 Å². The number of methoxy groups -OCH3 is 1. The van der Waals surface area contributed by atoms with E-state index in [1.165, 1.54) is 7.11 Å². The molecular weight excluding hydrogens is 270 g/mol. The van der Waals surface area contributed by atoms with Crippen LogP contribution in [0.5, 0.6) is 0 Å². The van der Waals surface area contributed by atoms with Crippen LogP contribution in [-0.4, -0.2) is 46.5 Å². The van der Waals surface area contributed by atoms with Gasteiger partial charge in [0.25, 0.3) is 0 Å². The van der Waals surface area contributed by atoms with Gasteiger partial charge in [-0.3, -0.25) is 4.79 Å².